The van der Waals surface area contributed by atoms with Gasteiger partial charge in [-0.2, -0.15) is 0 Å². The summed E-state index contributed by atoms with van der Waals surface area (Å²) in [6.45, 7) is 0.329. The van der Waals surface area contributed by atoms with Gasteiger partial charge in [0, 0.05) is 18.9 Å². The Morgan fingerprint density at radius 3 is 2.65 bits per heavy atom. The van der Waals surface area contributed by atoms with E-state index in [0.717, 1.165) is 24.8 Å². The summed E-state index contributed by atoms with van der Waals surface area (Å²) in [4.78, 5) is 27.3. The zero-order valence-corrected chi connectivity index (χ0v) is 11.3. The molecular formula is C14H19N3O3. The molecule has 2 rings (SSSR count). The maximum absolute atomic E-state index is 11.9. The molecule has 1 heterocycles. The molecule has 0 saturated heterocycles. The lowest BCUT2D eigenvalue weighted by Gasteiger charge is -2.33. The number of carboxylic acids is 1. The highest BCUT2D eigenvalue weighted by Crippen LogP contribution is 2.28. The van der Waals surface area contributed by atoms with E-state index in [1.54, 1.807) is 18.5 Å². The second-order valence-electron chi connectivity index (χ2n) is 5.12. The van der Waals surface area contributed by atoms with Crippen LogP contribution >= 0.6 is 0 Å². The van der Waals surface area contributed by atoms with Gasteiger partial charge in [-0.25, -0.2) is 9.59 Å². The molecule has 0 radical (unpaired) electrons. The maximum atomic E-state index is 11.9. The molecule has 108 valence electrons. The Balaban J connectivity index is 1.90. The van der Waals surface area contributed by atoms with Crippen LogP contribution in [-0.4, -0.2) is 27.6 Å². The maximum Gasteiger partial charge on any atom is 0.329 e. The van der Waals surface area contributed by atoms with E-state index in [2.05, 4.69) is 15.6 Å². The van der Waals surface area contributed by atoms with Crippen LogP contribution in [0.3, 0.4) is 0 Å². The van der Waals surface area contributed by atoms with Crippen molar-refractivity contribution in [2.75, 3.05) is 0 Å². The van der Waals surface area contributed by atoms with Crippen LogP contribution in [0, 0.1) is 0 Å². The van der Waals surface area contributed by atoms with Crippen molar-refractivity contribution < 1.29 is 14.7 Å². The lowest BCUT2D eigenvalue weighted by atomic mass is 9.82. The first-order valence-electron chi connectivity index (χ1n) is 6.81. The molecule has 0 spiro atoms. The van der Waals surface area contributed by atoms with E-state index in [1.165, 1.54) is 0 Å². The molecule has 6 nitrogen and oxygen atoms in total. The molecule has 3 N–H and O–H groups in total. The van der Waals surface area contributed by atoms with E-state index in [9.17, 15) is 14.7 Å². The molecular weight excluding hydrogens is 258 g/mol. The number of aromatic nitrogens is 1. The number of urea groups is 1. The van der Waals surface area contributed by atoms with Gasteiger partial charge in [0.25, 0.3) is 0 Å². The van der Waals surface area contributed by atoms with Crippen molar-refractivity contribution in [3.8, 4) is 0 Å². The Morgan fingerprint density at radius 2 is 2.05 bits per heavy atom. The zero-order valence-electron chi connectivity index (χ0n) is 11.3. The normalized spacial score (nSPS) is 17.2. The number of rotatable bonds is 4. The van der Waals surface area contributed by atoms with Gasteiger partial charge < -0.3 is 15.7 Å². The first-order chi connectivity index (χ1) is 9.62. The van der Waals surface area contributed by atoms with Gasteiger partial charge in [0.15, 0.2) is 0 Å². The average molecular weight is 277 g/mol. The van der Waals surface area contributed by atoms with Crippen molar-refractivity contribution in [2.45, 2.75) is 44.2 Å². The van der Waals surface area contributed by atoms with Crippen molar-refractivity contribution >= 4 is 12.0 Å². The van der Waals surface area contributed by atoms with Crippen molar-refractivity contribution in [3.63, 3.8) is 0 Å². The van der Waals surface area contributed by atoms with Gasteiger partial charge >= 0.3 is 12.0 Å². The highest BCUT2D eigenvalue weighted by Gasteiger charge is 2.40. The number of hydrogen-bond donors (Lipinski definition) is 3. The molecule has 1 aliphatic carbocycles. The lowest BCUT2D eigenvalue weighted by molar-refractivity contribution is -0.145. The quantitative estimate of drug-likeness (QED) is 0.780. The summed E-state index contributed by atoms with van der Waals surface area (Å²) >= 11 is 0. The predicted molar refractivity (Wildman–Crippen MR) is 73.1 cm³/mol. The zero-order chi connectivity index (χ0) is 14.4. The fourth-order valence-electron chi connectivity index (χ4n) is 2.49. The summed E-state index contributed by atoms with van der Waals surface area (Å²) in [7, 11) is 0. The topological polar surface area (TPSA) is 91.3 Å². The molecule has 0 unspecified atom stereocenters. The molecule has 1 saturated carbocycles. The summed E-state index contributed by atoms with van der Waals surface area (Å²) in [5.74, 6) is -0.950. The minimum Gasteiger partial charge on any atom is -0.480 e. The standard InChI is InChI=1S/C14H19N3O3/c18-12(19)14(6-2-1-3-7-14)17-13(20)16-10-11-5-4-8-15-9-11/h4-5,8-9H,1-3,6-7,10H2,(H,18,19)(H2,16,17,20). The molecule has 0 bridgehead atoms. The van der Waals surface area contributed by atoms with E-state index < -0.39 is 17.5 Å². The largest absolute Gasteiger partial charge is 0.480 e. The van der Waals surface area contributed by atoms with Crippen LogP contribution in [0.2, 0.25) is 0 Å². The van der Waals surface area contributed by atoms with Crippen LogP contribution < -0.4 is 10.6 Å². The molecule has 1 aromatic rings. The SMILES string of the molecule is O=C(NCc1cccnc1)NC1(C(=O)O)CCCCC1. The number of carboxylic acid groups (broad SMARTS) is 1. The van der Waals surface area contributed by atoms with E-state index in [4.69, 9.17) is 0 Å². The number of aliphatic carboxylic acids is 1. The van der Waals surface area contributed by atoms with E-state index >= 15 is 0 Å². The fraction of sp³-hybridized carbons (Fsp3) is 0.500. The van der Waals surface area contributed by atoms with E-state index in [1.807, 2.05) is 6.07 Å². The molecule has 6 heteroatoms. The van der Waals surface area contributed by atoms with Crippen LogP contribution in [0.4, 0.5) is 4.79 Å². The monoisotopic (exact) mass is 277 g/mol. The van der Waals surface area contributed by atoms with Crippen molar-refractivity contribution in [2.24, 2.45) is 0 Å². The van der Waals surface area contributed by atoms with Crippen molar-refractivity contribution in [1.82, 2.24) is 15.6 Å². The molecule has 1 aliphatic rings. The van der Waals surface area contributed by atoms with Crippen LogP contribution in [0.1, 0.15) is 37.7 Å². The average Bonchev–Trinajstić information content (AvgIpc) is 2.47. The Bertz CT molecular complexity index is 470. The second-order valence-corrected chi connectivity index (χ2v) is 5.12. The smallest absolute Gasteiger partial charge is 0.329 e. The number of carbonyl (C=O) groups excluding carboxylic acids is 1. The van der Waals surface area contributed by atoms with Gasteiger partial charge in [-0.15, -0.1) is 0 Å². The Labute approximate surface area is 117 Å². The van der Waals surface area contributed by atoms with Crippen LogP contribution in [0.5, 0.6) is 0 Å². The van der Waals surface area contributed by atoms with Crippen molar-refractivity contribution in [3.05, 3.63) is 30.1 Å². The highest BCUT2D eigenvalue weighted by atomic mass is 16.4. The number of amides is 2. The third-order valence-corrected chi connectivity index (χ3v) is 3.65. The minimum absolute atomic E-state index is 0.329. The van der Waals surface area contributed by atoms with Crippen LogP contribution in [0.15, 0.2) is 24.5 Å². The number of hydrogen-bond acceptors (Lipinski definition) is 3. The molecule has 0 aromatic carbocycles. The van der Waals surface area contributed by atoms with Gasteiger partial charge in [-0.05, 0) is 24.5 Å². The van der Waals surface area contributed by atoms with Crippen molar-refractivity contribution in [1.29, 1.82) is 0 Å². The summed E-state index contributed by atoms with van der Waals surface area (Å²) in [6, 6.07) is 3.19. The van der Waals surface area contributed by atoms with Gasteiger partial charge in [0.05, 0.1) is 0 Å². The Hall–Kier alpha value is -2.11. The van der Waals surface area contributed by atoms with E-state index in [-0.39, 0.29) is 0 Å². The molecule has 2 amide bonds. The van der Waals surface area contributed by atoms with Gasteiger partial charge in [-0.3, -0.25) is 4.98 Å². The molecule has 1 aromatic heterocycles. The molecule has 0 aliphatic heterocycles. The summed E-state index contributed by atoms with van der Waals surface area (Å²) < 4.78 is 0. The lowest BCUT2D eigenvalue weighted by Crippen LogP contribution is -2.57. The van der Waals surface area contributed by atoms with Crippen LogP contribution in [-0.2, 0) is 11.3 Å². The first-order valence-corrected chi connectivity index (χ1v) is 6.81. The van der Waals surface area contributed by atoms with E-state index in [0.29, 0.717) is 19.4 Å². The Kier molecular flexibility index (Phi) is 4.55. The Morgan fingerprint density at radius 1 is 1.30 bits per heavy atom. The molecule has 0 atom stereocenters. The second kappa shape index (κ2) is 6.36. The number of pyridine rings is 1. The minimum atomic E-state index is -1.11. The fourth-order valence-corrected chi connectivity index (χ4v) is 2.49. The molecule has 1 fully saturated rings. The number of carbonyl (C=O) groups is 2. The van der Waals surface area contributed by atoms with Crippen LogP contribution in [0.25, 0.3) is 0 Å². The molecule has 20 heavy (non-hydrogen) atoms. The highest BCUT2D eigenvalue weighted by molar-refractivity contribution is 5.86. The summed E-state index contributed by atoms with van der Waals surface area (Å²) in [5.41, 5.74) is -0.243. The third-order valence-electron chi connectivity index (χ3n) is 3.65. The third kappa shape index (κ3) is 3.46. The number of nitrogens with one attached hydrogen (secondary N) is 2. The van der Waals surface area contributed by atoms with Gasteiger partial charge in [-0.1, -0.05) is 25.3 Å². The first kappa shape index (κ1) is 14.3. The van der Waals surface area contributed by atoms with Gasteiger partial charge in [0.1, 0.15) is 5.54 Å². The summed E-state index contributed by atoms with van der Waals surface area (Å²) in [6.07, 6.45) is 6.97. The predicted octanol–water partition coefficient (Wildman–Crippen LogP) is 1.67. The summed E-state index contributed by atoms with van der Waals surface area (Å²) in [5, 5.41) is 14.7. The van der Waals surface area contributed by atoms with Gasteiger partial charge in [0.2, 0.25) is 0 Å². The number of nitrogens with zero attached hydrogens (tertiary/aromatic N) is 1.